The van der Waals surface area contributed by atoms with Gasteiger partial charge in [-0.2, -0.15) is 0 Å². The zero-order valence-corrected chi connectivity index (χ0v) is 8.49. The Bertz CT molecular complexity index is 236. The molecule has 1 aromatic rings. The normalized spacial score (nSPS) is 8.69. The molecular formula is C10H17BO2. The second-order valence-corrected chi connectivity index (χ2v) is 2.47. The Hall–Kier alpha value is -0.795. The van der Waals surface area contributed by atoms with Crippen molar-refractivity contribution in [3.8, 4) is 0 Å². The van der Waals surface area contributed by atoms with Crippen LogP contribution in [-0.4, -0.2) is 17.2 Å². The van der Waals surface area contributed by atoms with Crippen molar-refractivity contribution in [2.45, 2.75) is 27.2 Å². The highest BCUT2D eigenvalue weighted by Gasteiger charge is 2.09. The van der Waals surface area contributed by atoms with Gasteiger partial charge in [-0.1, -0.05) is 45.0 Å². The van der Waals surface area contributed by atoms with Crippen LogP contribution in [0.5, 0.6) is 0 Å². The van der Waals surface area contributed by atoms with Crippen molar-refractivity contribution >= 4 is 12.6 Å². The molecule has 0 spiro atoms. The molecule has 0 atom stereocenters. The van der Waals surface area contributed by atoms with Gasteiger partial charge in [-0.25, -0.2) is 0 Å². The van der Waals surface area contributed by atoms with E-state index in [1.807, 2.05) is 32.9 Å². The lowest BCUT2D eigenvalue weighted by molar-refractivity contribution is 0.425. The number of hydrogen-bond donors (Lipinski definition) is 2. The fourth-order valence-electron chi connectivity index (χ4n) is 0.974. The molecule has 0 aliphatic heterocycles. The zero-order valence-electron chi connectivity index (χ0n) is 8.49. The van der Waals surface area contributed by atoms with E-state index in [1.54, 1.807) is 12.1 Å². The molecule has 1 rings (SSSR count). The molecular weight excluding hydrogens is 163 g/mol. The van der Waals surface area contributed by atoms with Gasteiger partial charge in [-0.05, 0) is 17.4 Å². The van der Waals surface area contributed by atoms with Gasteiger partial charge in [-0.3, -0.25) is 0 Å². The Morgan fingerprint density at radius 1 is 1.23 bits per heavy atom. The molecule has 2 nitrogen and oxygen atoms in total. The van der Waals surface area contributed by atoms with Crippen molar-refractivity contribution in [1.82, 2.24) is 0 Å². The van der Waals surface area contributed by atoms with E-state index in [-0.39, 0.29) is 0 Å². The minimum Gasteiger partial charge on any atom is -0.423 e. The average molecular weight is 180 g/mol. The lowest BCUT2D eigenvalue weighted by atomic mass is 9.79. The van der Waals surface area contributed by atoms with Gasteiger partial charge >= 0.3 is 7.12 Å². The van der Waals surface area contributed by atoms with Gasteiger partial charge in [0.2, 0.25) is 0 Å². The predicted molar refractivity (Wildman–Crippen MR) is 57.0 cm³/mol. The lowest BCUT2D eigenvalue weighted by Crippen LogP contribution is -2.29. The first-order valence-corrected chi connectivity index (χ1v) is 4.69. The third kappa shape index (κ3) is 4.11. The van der Waals surface area contributed by atoms with Crippen LogP contribution in [-0.2, 0) is 6.42 Å². The SMILES string of the molecule is CC.CCc1cccc(B(O)O)c1. The van der Waals surface area contributed by atoms with Crippen LogP contribution in [0.4, 0.5) is 0 Å². The first-order valence-electron chi connectivity index (χ1n) is 4.69. The first-order chi connectivity index (χ1) is 6.24. The van der Waals surface area contributed by atoms with Crippen molar-refractivity contribution in [3.05, 3.63) is 29.8 Å². The molecule has 0 aliphatic carbocycles. The van der Waals surface area contributed by atoms with E-state index >= 15 is 0 Å². The van der Waals surface area contributed by atoms with Crippen LogP contribution in [0.2, 0.25) is 0 Å². The molecule has 0 saturated heterocycles. The summed E-state index contributed by atoms with van der Waals surface area (Å²) in [6, 6.07) is 7.29. The lowest BCUT2D eigenvalue weighted by Gasteiger charge is -2.00. The molecule has 0 unspecified atom stereocenters. The molecule has 0 heterocycles. The Labute approximate surface area is 80.4 Å². The van der Waals surface area contributed by atoms with Crippen LogP contribution in [0, 0.1) is 0 Å². The van der Waals surface area contributed by atoms with Crippen LogP contribution in [0.15, 0.2) is 24.3 Å². The Kier molecular flexibility index (Phi) is 6.28. The highest BCUT2D eigenvalue weighted by Crippen LogP contribution is 1.96. The quantitative estimate of drug-likeness (QED) is 0.665. The average Bonchev–Trinajstić information content (AvgIpc) is 2.21. The smallest absolute Gasteiger partial charge is 0.423 e. The molecule has 1 aromatic carbocycles. The van der Waals surface area contributed by atoms with Gasteiger partial charge in [-0.15, -0.1) is 0 Å². The maximum absolute atomic E-state index is 8.80. The Balaban J connectivity index is 0.000000671. The highest BCUT2D eigenvalue weighted by atomic mass is 16.4. The summed E-state index contributed by atoms with van der Waals surface area (Å²) in [6.45, 7) is 6.03. The fourth-order valence-corrected chi connectivity index (χ4v) is 0.974. The summed E-state index contributed by atoms with van der Waals surface area (Å²) in [5, 5.41) is 17.6. The number of rotatable bonds is 2. The predicted octanol–water partition coefficient (Wildman–Crippen LogP) is 0.955. The van der Waals surface area contributed by atoms with E-state index in [1.165, 1.54) is 0 Å². The van der Waals surface area contributed by atoms with Crippen molar-refractivity contribution in [1.29, 1.82) is 0 Å². The monoisotopic (exact) mass is 180 g/mol. The maximum Gasteiger partial charge on any atom is 0.488 e. The standard InChI is InChI=1S/C8H11BO2.C2H6/c1-2-7-4-3-5-8(6-7)9(10)11;1-2/h3-6,10-11H,2H2,1H3;1-2H3. The molecule has 2 N–H and O–H groups in total. The maximum atomic E-state index is 8.80. The molecule has 0 aliphatic rings. The molecule has 0 radical (unpaired) electrons. The van der Waals surface area contributed by atoms with Crippen LogP contribution in [0.1, 0.15) is 26.3 Å². The largest absolute Gasteiger partial charge is 0.488 e. The summed E-state index contributed by atoms with van der Waals surface area (Å²) in [5.74, 6) is 0. The summed E-state index contributed by atoms with van der Waals surface area (Å²) < 4.78 is 0. The summed E-state index contributed by atoms with van der Waals surface area (Å²) in [6.07, 6.45) is 0.917. The molecule has 0 saturated carbocycles. The topological polar surface area (TPSA) is 40.5 Å². The van der Waals surface area contributed by atoms with Crippen LogP contribution < -0.4 is 5.46 Å². The second-order valence-electron chi connectivity index (χ2n) is 2.47. The third-order valence-corrected chi connectivity index (χ3v) is 1.66. The minimum absolute atomic E-state index is 0.560. The molecule has 0 bridgehead atoms. The minimum atomic E-state index is -1.35. The number of benzene rings is 1. The van der Waals surface area contributed by atoms with E-state index in [2.05, 4.69) is 0 Å². The number of aryl methyl sites for hydroxylation is 1. The highest BCUT2D eigenvalue weighted by molar-refractivity contribution is 6.58. The summed E-state index contributed by atoms with van der Waals surface area (Å²) in [7, 11) is -1.35. The van der Waals surface area contributed by atoms with Gasteiger partial charge in [0.05, 0.1) is 0 Å². The molecule has 0 amide bonds. The van der Waals surface area contributed by atoms with Crippen molar-refractivity contribution < 1.29 is 10.0 Å². The van der Waals surface area contributed by atoms with E-state index < -0.39 is 7.12 Å². The summed E-state index contributed by atoms with van der Waals surface area (Å²) in [4.78, 5) is 0. The second kappa shape index (κ2) is 6.69. The summed E-state index contributed by atoms with van der Waals surface area (Å²) >= 11 is 0. The van der Waals surface area contributed by atoms with Crippen LogP contribution in [0.25, 0.3) is 0 Å². The van der Waals surface area contributed by atoms with E-state index in [9.17, 15) is 0 Å². The van der Waals surface area contributed by atoms with Gasteiger partial charge in [0.25, 0.3) is 0 Å². The number of hydrogen-bond acceptors (Lipinski definition) is 2. The van der Waals surface area contributed by atoms with Crippen molar-refractivity contribution in [2.75, 3.05) is 0 Å². The molecule has 0 aromatic heterocycles. The third-order valence-electron chi connectivity index (χ3n) is 1.66. The molecule has 3 heteroatoms. The Morgan fingerprint density at radius 3 is 2.31 bits per heavy atom. The van der Waals surface area contributed by atoms with Gasteiger partial charge in [0.15, 0.2) is 0 Å². The molecule has 0 fully saturated rings. The molecule has 72 valence electrons. The van der Waals surface area contributed by atoms with Gasteiger partial charge < -0.3 is 10.0 Å². The summed E-state index contributed by atoms with van der Waals surface area (Å²) in [5.41, 5.74) is 1.68. The van der Waals surface area contributed by atoms with E-state index in [4.69, 9.17) is 10.0 Å². The fraction of sp³-hybridized carbons (Fsp3) is 0.400. The first kappa shape index (κ1) is 12.2. The zero-order chi connectivity index (χ0) is 10.3. The van der Waals surface area contributed by atoms with E-state index in [0.717, 1.165) is 12.0 Å². The van der Waals surface area contributed by atoms with Gasteiger partial charge in [0, 0.05) is 0 Å². The molecule has 13 heavy (non-hydrogen) atoms. The van der Waals surface area contributed by atoms with Crippen molar-refractivity contribution in [3.63, 3.8) is 0 Å². The Morgan fingerprint density at radius 2 is 1.85 bits per heavy atom. The van der Waals surface area contributed by atoms with Crippen LogP contribution >= 0.6 is 0 Å². The van der Waals surface area contributed by atoms with E-state index in [0.29, 0.717) is 5.46 Å². The van der Waals surface area contributed by atoms with Gasteiger partial charge in [0.1, 0.15) is 0 Å². The van der Waals surface area contributed by atoms with Crippen LogP contribution in [0.3, 0.4) is 0 Å². The van der Waals surface area contributed by atoms with Crippen molar-refractivity contribution in [2.24, 2.45) is 0 Å².